The highest BCUT2D eigenvalue weighted by molar-refractivity contribution is 5.75. The molecular weight excluding hydrogens is 226 g/mol. The van der Waals surface area contributed by atoms with Crippen LogP contribution in [0.1, 0.15) is 32.1 Å². The Morgan fingerprint density at radius 2 is 1.89 bits per heavy atom. The minimum atomic E-state index is -0.117. The lowest BCUT2D eigenvalue weighted by Crippen LogP contribution is -2.30. The number of hydrogen-bond acceptors (Lipinski definition) is 3. The number of benzene rings is 1. The van der Waals surface area contributed by atoms with Crippen LogP contribution in [0.2, 0.25) is 0 Å². The highest BCUT2D eigenvalue weighted by Gasteiger charge is 2.18. The summed E-state index contributed by atoms with van der Waals surface area (Å²) in [7, 11) is 1.91. The Morgan fingerprint density at radius 1 is 1.22 bits per heavy atom. The van der Waals surface area contributed by atoms with E-state index in [-0.39, 0.29) is 12.1 Å². The smallest absolute Gasteiger partial charge is 0.325 e. The molecule has 0 aromatic heterocycles. The second-order valence-electron chi connectivity index (χ2n) is 4.94. The first-order valence-corrected chi connectivity index (χ1v) is 6.71. The van der Waals surface area contributed by atoms with E-state index in [2.05, 4.69) is 0 Å². The third-order valence-corrected chi connectivity index (χ3v) is 3.41. The molecule has 98 valence electrons. The lowest BCUT2D eigenvalue weighted by atomic mass is 9.98. The fraction of sp³-hybridized carbons (Fsp3) is 0.533. The maximum absolute atomic E-state index is 11.8. The summed E-state index contributed by atoms with van der Waals surface area (Å²) in [6, 6.07) is 9.90. The van der Waals surface area contributed by atoms with Gasteiger partial charge in [-0.05, 0) is 37.8 Å². The summed E-state index contributed by atoms with van der Waals surface area (Å²) in [4.78, 5) is 13.8. The van der Waals surface area contributed by atoms with Gasteiger partial charge in [0.15, 0.2) is 0 Å². The van der Waals surface area contributed by atoms with E-state index < -0.39 is 0 Å². The predicted molar refractivity (Wildman–Crippen MR) is 72.7 cm³/mol. The van der Waals surface area contributed by atoms with Gasteiger partial charge in [0.05, 0.1) is 0 Å². The van der Waals surface area contributed by atoms with Gasteiger partial charge in [-0.3, -0.25) is 4.79 Å². The van der Waals surface area contributed by atoms with Crippen molar-refractivity contribution in [3.8, 4) is 0 Å². The van der Waals surface area contributed by atoms with Crippen LogP contribution in [0.3, 0.4) is 0 Å². The van der Waals surface area contributed by atoms with Gasteiger partial charge in [0.1, 0.15) is 12.6 Å². The molecule has 0 heterocycles. The minimum absolute atomic E-state index is 0.117. The number of esters is 1. The summed E-state index contributed by atoms with van der Waals surface area (Å²) in [5, 5.41) is 0. The molecule has 0 aliphatic heterocycles. The minimum Gasteiger partial charge on any atom is -0.461 e. The van der Waals surface area contributed by atoms with Crippen LogP contribution in [-0.2, 0) is 9.53 Å². The standard InChI is InChI=1S/C15H21NO2/c1-16(13-8-4-2-5-9-13)12-15(17)18-14-10-6-3-7-11-14/h2,4-5,8-9,14H,3,6-7,10-12H2,1H3. The van der Waals surface area contributed by atoms with Crippen LogP contribution in [0.5, 0.6) is 0 Å². The molecule has 1 aromatic carbocycles. The van der Waals surface area contributed by atoms with Crippen molar-refractivity contribution in [1.82, 2.24) is 0 Å². The van der Waals surface area contributed by atoms with Gasteiger partial charge in [-0.1, -0.05) is 24.6 Å². The summed E-state index contributed by atoms with van der Waals surface area (Å²) in [6.07, 6.45) is 5.86. The Labute approximate surface area is 109 Å². The summed E-state index contributed by atoms with van der Waals surface area (Å²) < 4.78 is 5.50. The van der Waals surface area contributed by atoms with Crippen molar-refractivity contribution in [3.63, 3.8) is 0 Å². The molecule has 1 aliphatic carbocycles. The summed E-state index contributed by atoms with van der Waals surface area (Å²) in [6.45, 7) is 0.320. The third kappa shape index (κ3) is 3.76. The van der Waals surface area contributed by atoms with Crippen molar-refractivity contribution in [3.05, 3.63) is 30.3 Å². The lowest BCUT2D eigenvalue weighted by Gasteiger charge is -2.24. The molecule has 0 amide bonds. The Bertz CT molecular complexity index is 371. The van der Waals surface area contributed by atoms with E-state index in [9.17, 15) is 4.79 Å². The van der Waals surface area contributed by atoms with E-state index >= 15 is 0 Å². The fourth-order valence-corrected chi connectivity index (χ4v) is 2.37. The maximum atomic E-state index is 11.8. The van der Waals surface area contributed by atoms with Gasteiger partial charge >= 0.3 is 5.97 Å². The molecule has 0 N–H and O–H groups in total. The van der Waals surface area contributed by atoms with E-state index in [4.69, 9.17) is 4.74 Å². The molecule has 3 nitrogen and oxygen atoms in total. The molecule has 0 unspecified atom stereocenters. The van der Waals surface area contributed by atoms with Crippen LogP contribution in [0.4, 0.5) is 5.69 Å². The first kappa shape index (κ1) is 12.9. The van der Waals surface area contributed by atoms with Gasteiger partial charge in [0.25, 0.3) is 0 Å². The quantitative estimate of drug-likeness (QED) is 0.766. The zero-order chi connectivity index (χ0) is 12.8. The summed E-state index contributed by atoms with van der Waals surface area (Å²) in [5.41, 5.74) is 1.04. The average Bonchev–Trinajstić information content (AvgIpc) is 2.40. The van der Waals surface area contributed by atoms with Crippen molar-refractivity contribution < 1.29 is 9.53 Å². The maximum Gasteiger partial charge on any atom is 0.325 e. The van der Waals surface area contributed by atoms with E-state index in [1.165, 1.54) is 19.3 Å². The van der Waals surface area contributed by atoms with E-state index in [0.717, 1.165) is 18.5 Å². The summed E-state index contributed by atoms with van der Waals surface area (Å²) in [5.74, 6) is -0.117. The molecule has 1 aromatic rings. The summed E-state index contributed by atoms with van der Waals surface area (Å²) >= 11 is 0. The molecule has 18 heavy (non-hydrogen) atoms. The topological polar surface area (TPSA) is 29.5 Å². The second kappa shape index (κ2) is 6.43. The molecule has 1 aliphatic rings. The Hall–Kier alpha value is -1.51. The van der Waals surface area contributed by atoms with Crippen LogP contribution >= 0.6 is 0 Å². The fourth-order valence-electron chi connectivity index (χ4n) is 2.37. The van der Waals surface area contributed by atoms with Crippen molar-refractivity contribution in [2.45, 2.75) is 38.2 Å². The van der Waals surface area contributed by atoms with Crippen LogP contribution in [0, 0.1) is 0 Å². The lowest BCUT2D eigenvalue weighted by molar-refractivity contribution is -0.148. The van der Waals surface area contributed by atoms with Gasteiger partial charge in [-0.2, -0.15) is 0 Å². The van der Waals surface area contributed by atoms with Crippen molar-refractivity contribution in [2.75, 3.05) is 18.5 Å². The Kier molecular flexibility index (Phi) is 4.62. The SMILES string of the molecule is CN(CC(=O)OC1CCCCC1)c1ccccc1. The van der Waals surface area contributed by atoms with Gasteiger partial charge in [0, 0.05) is 12.7 Å². The number of nitrogens with zero attached hydrogens (tertiary/aromatic N) is 1. The molecular formula is C15H21NO2. The molecule has 0 bridgehead atoms. The first-order valence-electron chi connectivity index (χ1n) is 6.71. The average molecular weight is 247 g/mol. The van der Waals surface area contributed by atoms with Gasteiger partial charge in [-0.15, -0.1) is 0 Å². The molecule has 2 rings (SSSR count). The number of carbonyl (C=O) groups excluding carboxylic acids is 1. The molecule has 0 spiro atoms. The second-order valence-corrected chi connectivity index (χ2v) is 4.94. The highest BCUT2D eigenvalue weighted by atomic mass is 16.5. The number of likely N-dealkylation sites (N-methyl/N-ethyl adjacent to an activating group) is 1. The highest BCUT2D eigenvalue weighted by Crippen LogP contribution is 2.20. The van der Waals surface area contributed by atoms with Gasteiger partial charge in [-0.25, -0.2) is 0 Å². The van der Waals surface area contributed by atoms with Gasteiger partial charge < -0.3 is 9.64 Å². The zero-order valence-electron chi connectivity index (χ0n) is 11.0. The first-order chi connectivity index (χ1) is 8.75. The molecule has 0 radical (unpaired) electrons. The number of rotatable bonds is 4. The van der Waals surface area contributed by atoms with Crippen LogP contribution < -0.4 is 4.90 Å². The predicted octanol–water partition coefficient (Wildman–Crippen LogP) is 3.00. The number of hydrogen-bond donors (Lipinski definition) is 0. The number of para-hydroxylation sites is 1. The Morgan fingerprint density at radius 3 is 2.56 bits per heavy atom. The molecule has 3 heteroatoms. The zero-order valence-corrected chi connectivity index (χ0v) is 11.0. The van der Waals surface area contributed by atoms with Crippen molar-refractivity contribution in [2.24, 2.45) is 0 Å². The number of carbonyl (C=O) groups is 1. The number of ether oxygens (including phenoxy) is 1. The monoisotopic (exact) mass is 247 g/mol. The van der Waals surface area contributed by atoms with E-state index in [1.54, 1.807) is 0 Å². The molecule has 0 atom stereocenters. The van der Waals surface area contributed by atoms with Gasteiger partial charge in [0.2, 0.25) is 0 Å². The molecule has 0 saturated heterocycles. The van der Waals surface area contributed by atoms with Crippen molar-refractivity contribution >= 4 is 11.7 Å². The molecule has 1 saturated carbocycles. The number of anilines is 1. The molecule has 1 fully saturated rings. The van der Waals surface area contributed by atoms with E-state index in [1.807, 2.05) is 42.3 Å². The largest absolute Gasteiger partial charge is 0.461 e. The van der Waals surface area contributed by atoms with E-state index in [0.29, 0.717) is 6.54 Å². The van der Waals surface area contributed by atoms with Crippen molar-refractivity contribution in [1.29, 1.82) is 0 Å². The van der Waals surface area contributed by atoms with Crippen LogP contribution in [-0.4, -0.2) is 25.7 Å². The Balaban J connectivity index is 1.80. The van der Waals surface area contributed by atoms with Crippen LogP contribution in [0.25, 0.3) is 0 Å². The third-order valence-electron chi connectivity index (χ3n) is 3.41. The normalized spacial score (nSPS) is 16.3. The van der Waals surface area contributed by atoms with Crippen LogP contribution in [0.15, 0.2) is 30.3 Å².